The van der Waals surface area contributed by atoms with Crippen molar-refractivity contribution in [3.8, 4) is 10.8 Å². The lowest BCUT2D eigenvalue weighted by atomic mass is 9.79. The molecule has 3 aliphatic heterocycles. The summed E-state index contributed by atoms with van der Waals surface area (Å²) in [6.07, 6.45) is -2.15. The molecule has 3 aliphatic rings. The first-order valence-electron chi connectivity index (χ1n) is 9.31. The lowest BCUT2D eigenvalue weighted by Gasteiger charge is -2.49. The zero-order valence-corrected chi connectivity index (χ0v) is 16.1. The fourth-order valence-electron chi connectivity index (χ4n) is 4.10. The Morgan fingerprint density at radius 3 is 2.39 bits per heavy atom. The largest absolute Gasteiger partial charge is 0.447 e. The molecular weight excluding hydrogens is 389 g/mol. The van der Waals surface area contributed by atoms with Gasteiger partial charge in [-0.05, 0) is 75.2 Å². The third-order valence-electron chi connectivity index (χ3n) is 5.67. The highest BCUT2D eigenvalue weighted by Crippen LogP contribution is 2.39. The van der Waals surface area contributed by atoms with Crippen molar-refractivity contribution in [1.82, 2.24) is 10.2 Å². The van der Waals surface area contributed by atoms with Crippen LogP contribution in [-0.4, -0.2) is 36.0 Å². The number of piperidine rings is 3. The van der Waals surface area contributed by atoms with Gasteiger partial charge in [0.2, 0.25) is 0 Å². The van der Waals surface area contributed by atoms with Crippen LogP contribution >= 0.6 is 11.3 Å². The first kappa shape index (κ1) is 19.3. The fourth-order valence-corrected chi connectivity index (χ4v) is 4.84. The van der Waals surface area contributed by atoms with Gasteiger partial charge in [-0.1, -0.05) is 11.3 Å². The number of halogens is 3. The minimum absolute atomic E-state index is 0.132. The Morgan fingerprint density at radius 2 is 1.82 bits per heavy atom. The van der Waals surface area contributed by atoms with E-state index in [2.05, 4.69) is 17.1 Å². The molecule has 3 fully saturated rings. The lowest BCUT2D eigenvalue weighted by Crippen LogP contribution is -2.62. The van der Waals surface area contributed by atoms with Crippen molar-refractivity contribution >= 4 is 17.2 Å². The van der Waals surface area contributed by atoms with Crippen molar-refractivity contribution < 1.29 is 22.7 Å². The number of fused-ring (bicyclic) bond motifs is 3. The Labute approximate surface area is 165 Å². The molecule has 1 aromatic heterocycles. The van der Waals surface area contributed by atoms with Crippen molar-refractivity contribution in [3.63, 3.8) is 0 Å². The molecular formula is C20H21F3N2O2S. The second-order valence-corrected chi connectivity index (χ2v) is 8.40. The molecule has 1 aromatic carbocycles. The maximum atomic E-state index is 12.7. The van der Waals surface area contributed by atoms with Gasteiger partial charge in [0.1, 0.15) is 10.6 Å². The molecule has 150 valence electrons. The molecule has 0 saturated carbocycles. The zero-order valence-electron chi connectivity index (χ0n) is 15.3. The van der Waals surface area contributed by atoms with E-state index in [0.717, 1.165) is 32.0 Å². The van der Waals surface area contributed by atoms with Crippen LogP contribution in [-0.2, 0) is 6.18 Å². The van der Waals surface area contributed by atoms with E-state index < -0.39 is 11.1 Å². The number of benzene rings is 1. The first-order chi connectivity index (χ1) is 13.3. The second kappa shape index (κ2) is 7.40. The molecule has 0 spiro atoms. The van der Waals surface area contributed by atoms with Crippen molar-refractivity contribution in [2.45, 2.75) is 38.0 Å². The smallest absolute Gasteiger partial charge is 0.425 e. The highest BCUT2D eigenvalue weighted by molar-refractivity contribution is 7.13. The van der Waals surface area contributed by atoms with E-state index in [1.54, 1.807) is 24.3 Å². The predicted octanol–water partition coefficient (Wildman–Crippen LogP) is 4.77. The van der Waals surface area contributed by atoms with Crippen LogP contribution in [0.25, 0.3) is 0 Å². The van der Waals surface area contributed by atoms with Gasteiger partial charge in [-0.15, -0.1) is 0 Å². The Bertz CT molecular complexity index is 840. The number of nitrogens with one attached hydrogen (secondary N) is 1. The van der Waals surface area contributed by atoms with Crippen LogP contribution in [0.3, 0.4) is 0 Å². The predicted molar refractivity (Wildman–Crippen MR) is 101 cm³/mol. The summed E-state index contributed by atoms with van der Waals surface area (Å²) >= 11 is 0.544. The van der Waals surface area contributed by atoms with Gasteiger partial charge >= 0.3 is 6.18 Å². The standard InChI is InChI=1S/C20H21F3N2O2S/c1-12-18(13-8-10-25(12)11-9-13)24-19(26)14-2-4-15(5-3-14)27-17-7-6-16(28-17)20(21,22)23/h2-7,12-13,18H,8-11H2,1H3,(H,24,26)/t12-,18-/m0/s1. The molecule has 5 rings (SSSR count). The Hall–Kier alpha value is -2.06. The summed E-state index contributed by atoms with van der Waals surface area (Å²) in [5.41, 5.74) is 0.512. The van der Waals surface area contributed by atoms with Gasteiger partial charge in [-0.2, -0.15) is 13.2 Å². The molecule has 1 amide bonds. The van der Waals surface area contributed by atoms with Crippen LogP contribution in [0, 0.1) is 5.92 Å². The number of ether oxygens (including phenoxy) is 1. The molecule has 2 atom stereocenters. The minimum Gasteiger partial charge on any atom is -0.447 e. The van der Waals surface area contributed by atoms with E-state index in [-0.39, 0.29) is 17.0 Å². The molecule has 4 heterocycles. The fraction of sp³-hybridized carbons (Fsp3) is 0.450. The third kappa shape index (κ3) is 3.89. The third-order valence-corrected chi connectivity index (χ3v) is 6.68. The number of amides is 1. The number of carbonyl (C=O) groups excluding carboxylic acids is 1. The molecule has 3 saturated heterocycles. The Kier molecular flexibility index (Phi) is 5.09. The van der Waals surface area contributed by atoms with Crippen molar-refractivity contribution in [3.05, 3.63) is 46.8 Å². The minimum atomic E-state index is -4.37. The molecule has 28 heavy (non-hydrogen) atoms. The molecule has 0 aliphatic carbocycles. The van der Waals surface area contributed by atoms with Crippen LogP contribution < -0.4 is 10.1 Å². The van der Waals surface area contributed by atoms with Gasteiger partial charge in [0.25, 0.3) is 5.91 Å². The van der Waals surface area contributed by atoms with E-state index in [9.17, 15) is 18.0 Å². The van der Waals surface area contributed by atoms with E-state index >= 15 is 0 Å². The number of thiophene rings is 1. The number of nitrogens with zero attached hydrogens (tertiary/aromatic N) is 1. The molecule has 2 aromatic rings. The second-order valence-electron chi connectivity index (χ2n) is 7.36. The highest BCUT2D eigenvalue weighted by Gasteiger charge is 2.40. The van der Waals surface area contributed by atoms with Gasteiger partial charge in [-0.3, -0.25) is 9.69 Å². The SMILES string of the molecule is C[C@H]1[C@H](NC(=O)c2ccc(Oc3ccc(C(F)(F)F)s3)cc2)C2CCN1CC2. The summed E-state index contributed by atoms with van der Waals surface area (Å²) in [4.78, 5) is 14.3. The number of hydrogen-bond donors (Lipinski definition) is 1. The number of carbonyl (C=O) groups is 1. The van der Waals surface area contributed by atoms with Crippen LogP contribution in [0.2, 0.25) is 0 Å². The quantitative estimate of drug-likeness (QED) is 0.789. The van der Waals surface area contributed by atoms with Gasteiger partial charge in [0, 0.05) is 17.6 Å². The van der Waals surface area contributed by atoms with Gasteiger partial charge in [0.15, 0.2) is 5.06 Å². The summed E-state index contributed by atoms with van der Waals surface area (Å²) in [6, 6.07) is 9.24. The van der Waals surface area contributed by atoms with E-state index in [4.69, 9.17) is 4.74 Å². The van der Waals surface area contributed by atoms with Crippen molar-refractivity contribution in [2.75, 3.05) is 13.1 Å². The summed E-state index contributed by atoms with van der Waals surface area (Å²) in [7, 11) is 0. The van der Waals surface area contributed by atoms with Crippen molar-refractivity contribution in [2.24, 2.45) is 5.92 Å². The topological polar surface area (TPSA) is 41.6 Å². The van der Waals surface area contributed by atoms with Crippen LogP contribution in [0.4, 0.5) is 13.2 Å². The average molecular weight is 410 g/mol. The van der Waals surface area contributed by atoms with E-state index in [0.29, 0.717) is 34.6 Å². The average Bonchev–Trinajstić information content (AvgIpc) is 3.14. The number of alkyl halides is 3. The maximum Gasteiger partial charge on any atom is 0.425 e. The summed E-state index contributed by atoms with van der Waals surface area (Å²) in [5, 5.41) is 3.32. The number of hydrogen-bond acceptors (Lipinski definition) is 4. The van der Waals surface area contributed by atoms with Gasteiger partial charge in [-0.25, -0.2) is 0 Å². The molecule has 2 bridgehead atoms. The first-order valence-corrected chi connectivity index (χ1v) is 10.1. The van der Waals surface area contributed by atoms with Crippen LogP contribution in [0.1, 0.15) is 35.0 Å². The van der Waals surface area contributed by atoms with E-state index in [1.165, 1.54) is 6.07 Å². The normalized spacial score (nSPS) is 26.9. The summed E-state index contributed by atoms with van der Waals surface area (Å²) in [6.45, 7) is 4.36. The highest BCUT2D eigenvalue weighted by atomic mass is 32.1. The molecule has 0 radical (unpaired) electrons. The summed E-state index contributed by atoms with van der Waals surface area (Å²) < 4.78 is 43.5. The van der Waals surface area contributed by atoms with E-state index in [1.807, 2.05) is 0 Å². The Morgan fingerprint density at radius 1 is 1.14 bits per heavy atom. The monoisotopic (exact) mass is 410 g/mol. The molecule has 4 nitrogen and oxygen atoms in total. The van der Waals surface area contributed by atoms with Crippen LogP contribution in [0.15, 0.2) is 36.4 Å². The summed E-state index contributed by atoms with van der Waals surface area (Å²) in [5.74, 6) is 0.782. The maximum absolute atomic E-state index is 12.7. The number of rotatable bonds is 4. The molecule has 0 unspecified atom stereocenters. The molecule has 8 heteroatoms. The Balaban J connectivity index is 1.39. The lowest BCUT2D eigenvalue weighted by molar-refractivity contribution is -0.134. The zero-order chi connectivity index (χ0) is 19.9. The van der Waals surface area contributed by atoms with Crippen LogP contribution in [0.5, 0.6) is 10.8 Å². The van der Waals surface area contributed by atoms with Crippen molar-refractivity contribution in [1.29, 1.82) is 0 Å². The molecule has 1 N–H and O–H groups in total. The van der Waals surface area contributed by atoms with Gasteiger partial charge < -0.3 is 10.1 Å². The van der Waals surface area contributed by atoms with Gasteiger partial charge in [0.05, 0.1) is 0 Å².